The van der Waals surface area contributed by atoms with Crippen LogP contribution in [0.3, 0.4) is 0 Å². The van der Waals surface area contributed by atoms with E-state index in [2.05, 4.69) is 32.1 Å². The topological polar surface area (TPSA) is 51.0 Å². The quantitative estimate of drug-likeness (QED) is 0.212. The van der Waals surface area contributed by atoms with E-state index in [1.54, 1.807) is 0 Å². The van der Waals surface area contributed by atoms with Gasteiger partial charge in [0.05, 0.1) is 6.10 Å². The number of hydrogen-bond donors (Lipinski definition) is 1. The molecule has 0 saturated carbocycles. The third kappa shape index (κ3) is 8.87. The van der Waals surface area contributed by atoms with Crippen molar-refractivity contribution in [1.29, 1.82) is 0 Å². The Morgan fingerprint density at radius 3 is 2.23 bits per heavy atom. The molecule has 5 atom stereocenters. The van der Waals surface area contributed by atoms with Gasteiger partial charge in [-0.25, -0.2) is 0 Å². The van der Waals surface area contributed by atoms with Crippen LogP contribution < -0.4 is 0 Å². The Labute approximate surface area is 176 Å². The molecule has 5 unspecified atom stereocenters. The molecular formula is C16H31NO3WY-2. The van der Waals surface area contributed by atoms with Gasteiger partial charge in [-0.2, -0.15) is 6.92 Å². The van der Waals surface area contributed by atoms with Gasteiger partial charge in [-0.05, 0) is 31.6 Å². The fourth-order valence-electron chi connectivity index (χ4n) is 3.05. The van der Waals surface area contributed by atoms with Crippen LogP contribution in [-0.4, -0.2) is 30.4 Å². The maximum absolute atomic E-state index is 7.39. The molecule has 3 saturated heterocycles. The smallest absolute Gasteiger partial charge is 0.160 e. The summed E-state index contributed by atoms with van der Waals surface area (Å²) < 4.78 is 11.8. The van der Waals surface area contributed by atoms with E-state index in [1.165, 1.54) is 32.6 Å². The summed E-state index contributed by atoms with van der Waals surface area (Å²) in [5.74, 6) is 2.01. The predicted molar refractivity (Wildman–Crippen MR) is 81.9 cm³/mol. The minimum atomic E-state index is 0. The number of fused-ring (bicyclic) bond motifs is 7. The summed E-state index contributed by atoms with van der Waals surface area (Å²) in [7, 11) is 0. The van der Waals surface area contributed by atoms with Crippen LogP contribution in [0.5, 0.6) is 0 Å². The van der Waals surface area contributed by atoms with Crippen LogP contribution in [0.15, 0.2) is 5.16 Å². The van der Waals surface area contributed by atoms with Crippen molar-refractivity contribution < 1.29 is 68.5 Å². The van der Waals surface area contributed by atoms with Gasteiger partial charge >= 0.3 is 0 Å². The summed E-state index contributed by atoms with van der Waals surface area (Å²) in [4.78, 5) is 0. The summed E-state index contributed by atoms with van der Waals surface area (Å²) in [6.45, 7) is 9.24. The van der Waals surface area contributed by atoms with Gasteiger partial charge in [0.25, 0.3) is 0 Å². The number of rotatable bonds is 0. The first-order chi connectivity index (χ1) is 9.11. The molecule has 2 bridgehead atoms. The Morgan fingerprint density at radius 1 is 1.09 bits per heavy atom. The van der Waals surface area contributed by atoms with Gasteiger partial charge < -0.3 is 33.5 Å². The van der Waals surface area contributed by atoms with Crippen molar-refractivity contribution in [3.8, 4) is 0 Å². The van der Waals surface area contributed by atoms with E-state index >= 15 is 0 Å². The van der Waals surface area contributed by atoms with Crippen molar-refractivity contribution in [2.75, 3.05) is 6.61 Å². The standard InChI is InChI=1S/C13H24O2.C2H4NO.CH3.W.Y/c1-9-10(2)13-14-8-6-4-5-7-12(9)11(3)15-13;1-2-3-4;;;/h9-13H,4-8H2,1-3H3;4H,1H3;1H3;;/q;2*-1;;. The van der Waals surface area contributed by atoms with Gasteiger partial charge in [0, 0.05) is 66.3 Å². The van der Waals surface area contributed by atoms with Gasteiger partial charge in [0.1, 0.15) is 0 Å². The molecular weight excluding hydrogens is 527 g/mol. The Hall–Kier alpha value is 1.18. The second-order valence-corrected chi connectivity index (χ2v) is 5.64. The van der Waals surface area contributed by atoms with E-state index in [0.29, 0.717) is 12.0 Å². The van der Waals surface area contributed by atoms with E-state index in [1.807, 2.05) is 0 Å². The average Bonchev–Trinajstić information content (AvgIpc) is 2.43. The molecule has 3 aliphatic rings. The van der Waals surface area contributed by atoms with Crippen molar-refractivity contribution in [1.82, 2.24) is 0 Å². The summed E-state index contributed by atoms with van der Waals surface area (Å²) in [5.41, 5.74) is 0. The molecule has 22 heavy (non-hydrogen) atoms. The van der Waals surface area contributed by atoms with Crippen molar-refractivity contribution >= 4 is 6.21 Å². The zero-order valence-electron chi connectivity index (χ0n) is 14.6. The van der Waals surface area contributed by atoms with Gasteiger partial charge in [-0.3, -0.25) is 0 Å². The molecule has 6 heteroatoms. The first kappa shape index (κ1) is 28.0. The second-order valence-electron chi connectivity index (χ2n) is 5.64. The molecule has 3 aliphatic heterocycles. The molecule has 1 radical (unpaired) electrons. The third-order valence-corrected chi connectivity index (χ3v) is 4.45. The van der Waals surface area contributed by atoms with Gasteiger partial charge in [0.15, 0.2) is 6.29 Å². The molecule has 1 N–H and O–H groups in total. The van der Waals surface area contributed by atoms with Crippen molar-refractivity contribution in [2.24, 2.45) is 22.9 Å². The summed E-state index contributed by atoms with van der Waals surface area (Å²) in [6, 6.07) is 0. The van der Waals surface area contributed by atoms with E-state index in [-0.39, 0.29) is 67.5 Å². The predicted octanol–water partition coefficient (Wildman–Crippen LogP) is 4.00. The fraction of sp³-hybridized carbons (Fsp3) is 0.875. The molecule has 3 fully saturated rings. The molecule has 0 aromatic rings. The third-order valence-electron chi connectivity index (χ3n) is 4.45. The van der Waals surface area contributed by atoms with Gasteiger partial charge in [0.2, 0.25) is 0 Å². The van der Waals surface area contributed by atoms with Crippen molar-refractivity contribution in [2.45, 2.75) is 65.8 Å². The molecule has 0 aromatic carbocycles. The Morgan fingerprint density at radius 2 is 1.68 bits per heavy atom. The number of nitrogens with zero attached hydrogens (tertiary/aromatic N) is 1. The first-order valence-electron chi connectivity index (χ1n) is 7.39. The van der Waals surface area contributed by atoms with Crippen molar-refractivity contribution in [3.63, 3.8) is 0 Å². The van der Waals surface area contributed by atoms with E-state index < -0.39 is 0 Å². The summed E-state index contributed by atoms with van der Waals surface area (Å²) in [5, 5.41) is 9.88. The molecule has 4 nitrogen and oxygen atoms in total. The van der Waals surface area contributed by atoms with E-state index in [9.17, 15) is 0 Å². The SMILES string of the molecule is CC1OC2OCCCCCC1C(C)C2C.C[C-]=NO.[CH3-].[W].[Y]. The molecule has 3 heterocycles. The van der Waals surface area contributed by atoms with Crippen LogP contribution in [-0.2, 0) is 63.2 Å². The second kappa shape index (κ2) is 15.7. The molecule has 129 valence electrons. The molecule has 3 rings (SSSR count). The molecule has 0 aromatic heterocycles. The van der Waals surface area contributed by atoms with Crippen LogP contribution in [0.2, 0.25) is 0 Å². The van der Waals surface area contributed by atoms with E-state index in [4.69, 9.17) is 14.7 Å². The van der Waals surface area contributed by atoms with Crippen LogP contribution in [0, 0.1) is 25.2 Å². The largest absolute Gasteiger partial charge is 0.447 e. The maximum Gasteiger partial charge on any atom is 0.160 e. The molecule has 0 spiro atoms. The zero-order chi connectivity index (χ0) is 14.3. The Balaban J connectivity index is -0.000000466. The number of hydrogen-bond acceptors (Lipinski definition) is 4. The average molecular weight is 558 g/mol. The first-order valence-corrected chi connectivity index (χ1v) is 7.39. The van der Waals surface area contributed by atoms with Gasteiger partial charge in [-0.15, -0.1) is 0 Å². The Kier molecular flexibility index (Phi) is 20.0. The van der Waals surface area contributed by atoms with Gasteiger partial charge in [-0.1, -0.05) is 26.7 Å². The zero-order valence-corrected chi connectivity index (χ0v) is 20.4. The van der Waals surface area contributed by atoms with Crippen LogP contribution in [0.1, 0.15) is 53.4 Å². The van der Waals surface area contributed by atoms with Crippen molar-refractivity contribution in [3.05, 3.63) is 7.43 Å². The summed E-state index contributed by atoms with van der Waals surface area (Å²) >= 11 is 0. The van der Waals surface area contributed by atoms with E-state index in [0.717, 1.165) is 18.4 Å². The monoisotopic (exact) mass is 558 g/mol. The van der Waals surface area contributed by atoms with Crippen LogP contribution >= 0.6 is 0 Å². The number of ether oxygens (including phenoxy) is 2. The minimum absolute atomic E-state index is 0. The summed E-state index contributed by atoms with van der Waals surface area (Å²) in [6.07, 6.45) is 7.71. The Bertz CT molecular complexity index is 276. The molecule has 0 amide bonds. The fourth-order valence-corrected chi connectivity index (χ4v) is 3.05. The normalized spacial score (nSPS) is 34.3. The maximum atomic E-state index is 7.39. The van der Waals surface area contributed by atoms with Crippen LogP contribution in [0.4, 0.5) is 0 Å². The molecule has 0 aliphatic carbocycles. The minimum Gasteiger partial charge on any atom is -0.447 e. The van der Waals surface area contributed by atoms with Crippen LogP contribution in [0.25, 0.3) is 0 Å².